The average Bonchev–Trinajstić information content (AvgIpc) is 2.86. The van der Waals surface area contributed by atoms with Gasteiger partial charge in [-0.2, -0.15) is 5.10 Å². The number of rotatable bonds is 4. The van der Waals surface area contributed by atoms with E-state index in [0.717, 1.165) is 0 Å². The Kier molecular flexibility index (Phi) is 3.27. The molecule has 0 atom stereocenters. The smallest absolute Gasteiger partial charge is 0.244 e. The molecule has 18 heavy (non-hydrogen) atoms. The van der Waals surface area contributed by atoms with E-state index in [1.807, 2.05) is 0 Å². The zero-order valence-electron chi connectivity index (χ0n) is 10.5. The van der Waals surface area contributed by atoms with Crippen LogP contribution in [0.2, 0.25) is 0 Å². The molecule has 0 saturated carbocycles. The minimum atomic E-state index is -3.57. The van der Waals surface area contributed by atoms with Crippen molar-refractivity contribution in [1.82, 2.24) is 14.5 Å². The molecule has 98 valence electrons. The molecule has 1 N–H and O–H groups in total. The lowest BCUT2D eigenvalue weighted by atomic mass is 10.4. The molecular weight excluding hydrogens is 254 g/mol. The lowest BCUT2D eigenvalue weighted by Crippen LogP contribution is -2.24. The fourth-order valence-corrected chi connectivity index (χ4v) is 3.22. The molecule has 0 saturated heterocycles. The van der Waals surface area contributed by atoms with Gasteiger partial charge in [-0.1, -0.05) is 0 Å². The largest absolute Gasteiger partial charge is 0.468 e. The van der Waals surface area contributed by atoms with Gasteiger partial charge < -0.3 is 4.42 Å². The highest BCUT2D eigenvalue weighted by Crippen LogP contribution is 2.18. The van der Waals surface area contributed by atoms with Crippen molar-refractivity contribution in [2.45, 2.75) is 25.3 Å². The van der Waals surface area contributed by atoms with Gasteiger partial charge in [0.05, 0.1) is 24.2 Å². The number of nitrogens with zero attached hydrogens (tertiary/aromatic N) is 2. The number of aryl methyl sites for hydroxylation is 2. The summed E-state index contributed by atoms with van der Waals surface area (Å²) in [6.07, 6.45) is 1.50. The summed E-state index contributed by atoms with van der Waals surface area (Å²) >= 11 is 0. The molecule has 6 nitrogen and oxygen atoms in total. The van der Waals surface area contributed by atoms with Crippen LogP contribution in [0.5, 0.6) is 0 Å². The predicted octanol–water partition coefficient (Wildman–Crippen LogP) is 1.11. The number of aromatic nitrogens is 2. The third-order valence-electron chi connectivity index (χ3n) is 2.73. The fourth-order valence-electron chi connectivity index (χ4n) is 1.79. The molecule has 0 aliphatic rings. The molecule has 2 aromatic heterocycles. The molecule has 0 aliphatic heterocycles. The summed E-state index contributed by atoms with van der Waals surface area (Å²) in [5.41, 5.74) is 1.10. The third kappa shape index (κ3) is 2.32. The first kappa shape index (κ1) is 12.8. The first-order chi connectivity index (χ1) is 8.42. The van der Waals surface area contributed by atoms with Crippen LogP contribution in [0.4, 0.5) is 0 Å². The summed E-state index contributed by atoms with van der Waals surface area (Å²) in [6, 6.07) is 3.43. The van der Waals surface area contributed by atoms with E-state index in [1.54, 1.807) is 37.7 Å². The molecule has 0 aromatic carbocycles. The first-order valence-corrected chi connectivity index (χ1v) is 6.92. The Morgan fingerprint density at radius 3 is 2.67 bits per heavy atom. The normalized spacial score (nSPS) is 11.9. The monoisotopic (exact) mass is 269 g/mol. The average molecular weight is 269 g/mol. The third-order valence-corrected chi connectivity index (χ3v) is 4.38. The van der Waals surface area contributed by atoms with Crippen LogP contribution >= 0.6 is 0 Å². The molecule has 0 spiro atoms. The second kappa shape index (κ2) is 4.58. The summed E-state index contributed by atoms with van der Waals surface area (Å²) in [7, 11) is -1.85. The molecule has 2 aromatic rings. The van der Waals surface area contributed by atoms with E-state index in [-0.39, 0.29) is 11.4 Å². The van der Waals surface area contributed by atoms with Crippen LogP contribution in [0.3, 0.4) is 0 Å². The number of sulfonamides is 1. The Bertz CT molecular complexity index is 641. The summed E-state index contributed by atoms with van der Waals surface area (Å²) in [6.45, 7) is 3.53. The van der Waals surface area contributed by atoms with Crippen LogP contribution < -0.4 is 4.72 Å². The van der Waals surface area contributed by atoms with Gasteiger partial charge in [-0.25, -0.2) is 13.1 Å². The van der Waals surface area contributed by atoms with Gasteiger partial charge in [-0.15, -0.1) is 0 Å². The van der Waals surface area contributed by atoms with E-state index in [2.05, 4.69) is 9.82 Å². The number of nitrogens with one attached hydrogen (secondary N) is 1. The maximum absolute atomic E-state index is 12.2. The zero-order valence-corrected chi connectivity index (χ0v) is 11.3. The topological polar surface area (TPSA) is 77.1 Å². The number of hydrogen-bond donors (Lipinski definition) is 1. The van der Waals surface area contributed by atoms with Gasteiger partial charge in [0.1, 0.15) is 10.7 Å². The zero-order chi connectivity index (χ0) is 13.3. The first-order valence-electron chi connectivity index (χ1n) is 5.44. The molecule has 7 heteroatoms. The van der Waals surface area contributed by atoms with E-state index in [1.165, 1.54) is 6.26 Å². The van der Waals surface area contributed by atoms with E-state index >= 15 is 0 Å². The quantitative estimate of drug-likeness (QED) is 0.902. The van der Waals surface area contributed by atoms with Crippen LogP contribution in [0.25, 0.3) is 0 Å². The lowest BCUT2D eigenvalue weighted by molar-refractivity contribution is 0.498. The van der Waals surface area contributed by atoms with Crippen molar-refractivity contribution in [2.75, 3.05) is 0 Å². The molecule has 2 rings (SSSR count). The van der Waals surface area contributed by atoms with E-state index in [0.29, 0.717) is 17.1 Å². The van der Waals surface area contributed by atoms with Gasteiger partial charge in [-0.3, -0.25) is 4.68 Å². The molecule has 0 bridgehead atoms. The maximum Gasteiger partial charge on any atom is 0.244 e. The van der Waals surface area contributed by atoms with Crippen LogP contribution in [0.1, 0.15) is 17.1 Å². The Morgan fingerprint density at radius 1 is 1.44 bits per heavy atom. The van der Waals surface area contributed by atoms with Crippen molar-refractivity contribution < 1.29 is 12.8 Å². The molecule has 0 radical (unpaired) electrons. The van der Waals surface area contributed by atoms with Crippen LogP contribution in [-0.4, -0.2) is 18.2 Å². The van der Waals surface area contributed by atoms with E-state index in [9.17, 15) is 8.42 Å². The van der Waals surface area contributed by atoms with Gasteiger partial charge in [0.25, 0.3) is 0 Å². The highest BCUT2D eigenvalue weighted by Gasteiger charge is 2.23. The highest BCUT2D eigenvalue weighted by atomic mass is 32.2. The highest BCUT2D eigenvalue weighted by molar-refractivity contribution is 7.89. The van der Waals surface area contributed by atoms with Gasteiger partial charge in [0.15, 0.2) is 0 Å². The fraction of sp³-hybridized carbons (Fsp3) is 0.364. The Labute approximate surface area is 106 Å². The van der Waals surface area contributed by atoms with Crippen molar-refractivity contribution in [3.8, 4) is 0 Å². The SMILES string of the molecule is Cc1nn(C)c(C)c1S(=O)(=O)NCc1ccco1. The van der Waals surface area contributed by atoms with Crippen molar-refractivity contribution in [1.29, 1.82) is 0 Å². The standard InChI is InChI=1S/C11H15N3O3S/c1-8-11(9(2)14(3)13-8)18(15,16)12-7-10-5-4-6-17-10/h4-6,12H,7H2,1-3H3. The van der Waals surface area contributed by atoms with E-state index < -0.39 is 10.0 Å². The van der Waals surface area contributed by atoms with Crippen LogP contribution in [0, 0.1) is 13.8 Å². The molecule has 0 unspecified atom stereocenters. The van der Waals surface area contributed by atoms with Crippen LogP contribution in [-0.2, 0) is 23.6 Å². The second-order valence-corrected chi connectivity index (χ2v) is 5.73. The summed E-state index contributed by atoms with van der Waals surface area (Å²) in [5.74, 6) is 0.567. The Morgan fingerprint density at radius 2 is 2.17 bits per heavy atom. The molecule has 2 heterocycles. The van der Waals surface area contributed by atoms with Crippen molar-refractivity contribution in [3.63, 3.8) is 0 Å². The Hall–Kier alpha value is -1.60. The van der Waals surface area contributed by atoms with Crippen molar-refractivity contribution >= 4 is 10.0 Å². The summed E-state index contributed by atoms with van der Waals surface area (Å²) < 4.78 is 33.5. The van der Waals surface area contributed by atoms with Gasteiger partial charge >= 0.3 is 0 Å². The molecular formula is C11H15N3O3S. The summed E-state index contributed by atoms with van der Waals surface area (Å²) in [4.78, 5) is 0.233. The number of hydrogen-bond acceptors (Lipinski definition) is 4. The minimum absolute atomic E-state index is 0.128. The van der Waals surface area contributed by atoms with Gasteiger partial charge in [-0.05, 0) is 26.0 Å². The Balaban J connectivity index is 2.26. The van der Waals surface area contributed by atoms with Gasteiger partial charge in [0, 0.05) is 7.05 Å². The molecule has 0 fully saturated rings. The minimum Gasteiger partial charge on any atom is -0.468 e. The van der Waals surface area contributed by atoms with Crippen molar-refractivity contribution in [3.05, 3.63) is 35.5 Å². The second-order valence-electron chi connectivity index (χ2n) is 4.03. The van der Waals surface area contributed by atoms with Gasteiger partial charge in [0.2, 0.25) is 10.0 Å². The maximum atomic E-state index is 12.2. The predicted molar refractivity (Wildman–Crippen MR) is 65.4 cm³/mol. The molecule has 0 amide bonds. The lowest BCUT2D eigenvalue weighted by Gasteiger charge is -2.05. The van der Waals surface area contributed by atoms with Crippen molar-refractivity contribution in [2.24, 2.45) is 7.05 Å². The molecule has 0 aliphatic carbocycles. The number of furan rings is 1. The van der Waals surface area contributed by atoms with E-state index in [4.69, 9.17) is 4.42 Å². The van der Waals surface area contributed by atoms with Crippen LogP contribution in [0.15, 0.2) is 27.7 Å². The summed E-state index contributed by atoms with van der Waals surface area (Å²) in [5, 5.41) is 4.10.